The first-order chi connectivity index (χ1) is 15.3. The number of hydrogen-bond donors (Lipinski definition) is 0. The van der Waals surface area contributed by atoms with Crippen LogP contribution in [0.2, 0.25) is 0 Å². The van der Waals surface area contributed by atoms with Crippen molar-refractivity contribution in [1.82, 2.24) is 0 Å². The Balaban J connectivity index is 2.57. The third-order valence-corrected chi connectivity index (χ3v) is 5.08. The Bertz CT molecular complexity index is 567. The smallest absolute Gasteiger partial charge is 0.305 e. The molecule has 0 aromatic rings. The van der Waals surface area contributed by atoms with Crippen LogP contribution in [0.15, 0.2) is 0 Å². The minimum atomic E-state index is -0.895. The van der Waals surface area contributed by atoms with Crippen LogP contribution in [0.3, 0.4) is 0 Å². The van der Waals surface area contributed by atoms with Gasteiger partial charge in [0.05, 0.1) is 13.7 Å². The Labute approximate surface area is 190 Å². The highest BCUT2D eigenvalue weighted by molar-refractivity contribution is 5.69. The molecule has 1 saturated heterocycles. The number of esters is 3. The summed E-state index contributed by atoms with van der Waals surface area (Å²) in [5.41, 5.74) is 0. The maximum atomic E-state index is 11.7. The van der Waals surface area contributed by atoms with Crippen molar-refractivity contribution in [3.05, 3.63) is 0 Å². The zero-order valence-corrected chi connectivity index (χ0v) is 19.8. The van der Waals surface area contributed by atoms with Gasteiger partial charge in [0.2, 0.25) is 0 Å². The van der Waals surface area contributed by atoms with Gasteiger partial charge in [-0.2, -0.15) is 0 Å². The van der Waals surface area contributed by atoms with Crippen LogP contribution < -0.4 is 0 Å². The third-order valence-electron chi connectivity index (χ3n) is 5.08. The molecule has 0 spiro atoms. The maximum Gasteiger partial charge on any atom is 0.305 e. The van der Waals surface area contributed by atoms with Gasteiger partial charge in [-0.1, -0.05) is 25.7 Å². The normalized spacial score (nSPS) is 25.2. The van der Waals surface area contributed by atoms with Crippen LogP contribution in [-0.4, -0.2) is 83.2 Å². The summed E-state index contributed by atoms with van der Waals surface area (Å²) in [5.74, 6) is -1.20. The van der Waals surface area contributed by atoms with Crippen molar-refractivity contribution >= 4 is 17.9 Å². The van der Waals surface area contributed by atoms with Gasteiger partial charge < -0.3 is 33.2 Å². The van der Waals surface area contributed by atoms with E-state index in [0.29, 0.717) is 13.0 Å². The van der Waals surface area contributed by atoms with E-state index in [9.17, 15) is 14.4 Å². The summed E-state index contributed by atoms with van der Waals surface area (Å²) in [6, 6.07) is 0. The zero-order valence-electron chi connectivity index (χ0n) is 19.8. The fourth-order valence-corrected chi connectivity index (χ4v) is 3.61. The van der Waals surface area contributed by atoms with E-state index in [2.05, 4.69) is 4.74 Å². The lowest BCUT2D eigenvalue weighted by Gasteiger charge is -2.44. The maximum absolute atomic E-state index is 11.7. The number of hydrogen-bond acceptors (Lipinski definition) is 10. The fraction of sp³-hybridized carbons (Fsp3) is 0.864. The van der Waals surface area contributed by atoms with E-state index >= 15 is 0 Å². The highest BCUT2D eigenvalue weighted by Crippen LogP contribution is 2.29. The first-order valence-electron chi connectivity index (χ1n) is 11.0. The molecule has 1 fully saturated rings. The van der Waals surface area contributed by atoms with E-state index in [1.807, 2.05) is 0 Å². The summed E-state index contributed by atoms with van der Waals surface area (Å²) in [5, 5.41) is 0. The lowest BCUT2D eigenvalue weighted by Crippen LogP contribution is -2.62. The van der Waals surface area contributed by atoms with E-state index in [4.69, 9.17) is 28.4 Å². The average Bonchev–Trinajstić information content (AvgIpc) is 2.74. The lowest BCUT2D eigenvalue weighted by molar-refractivity contribution is -0.310. The van der Waals surface area contributed by atoms with Crippen LogP contribution in [-0.2, 0) is 47.5 Å². The highest BCUT2D eigenvalue weighted by atomic mass is 16.7. The van der Waals surface area contributed by atoms with Gasteiger partial charge in [-0.3, -0.25) is 14.4 Å². The Morgan fingerprint density at radius 1 is 0.781 bits per heavy atom. The van der Waals surface area contributed by atoms with Crippen LogP contribution >= 0.6 is 0 Å². The molecule has 1 aliphatic heterocycles. The monoisotopic (exact) mass is 462 g/mol. The molecular formula is C22H38O10. The van der Waals surface area contributed by atoms with Crippen LogP contribution in [0.5, 0.6) is 0 Å². The molecule has 0 N–H and O–H groups in total. The summed E-state index contributed by atoms with van der Waals surface area (Å²) < 4.78 is 38.0. The number of methoxy groups -OCH3 is 3. The molecule has 0 radical (unpaired) electrons. The molecule has 10 nitrogen and oxygen atoms in total. The van der Waals surface area contributed by atoms with Gasteiger partial charge in [-0.05, 0) is 12.8 Å². The Hall–Kier alpha value is -1.75. The molecular weight excluding hydrogens is 424 g/mol. The van der Waals surface area contributed by atoms with Crippen molar-refractivity contribution in [1.29, 1.82) is 0 Å². The molecule has 0 amide bonds. The quantitative estimate of drug-likeness (QED) is 0.204. The SMILES string of the molecule is COC[C@H]1O[C@@H](OCCCCCCCCC(=O)OC)[C@H](OC(C)=O)[C@@H](OC)[C@@H]1OC(C)=O. The topological polar surface area (TPSA) is 116 Å². The van der Waals surface area contributed by atoms with Gasteiger partial charge in [-0.25, -0.2) is 0 Å². The van der Waals surface area contributed by atoms with Crippen molar-refractivity contribution in [2.24, 2.45) is 0 Å². The average molecular weight is 463 g/mol. The van der Waals surface area contributed by atoms with E-state index in [1.54, 1.807) is 0 Å². The summed E-state index contributed by atoms with van der Waals surface area (Å²) in [6.45, 7) is 3.12. The Kier molecular flexibility index (Phi) is 14.1. The first-order valence-corrected chi connectivity index (χ1v) is 11.0. The van der Waals surface area contributed by atoms with Crippen molar-refractivity contribution in [3.8, 4) is 0 Å². The molecule has 0 aromatic heterocycles. The van der Waals surface area contributed by atoms with Gasteiger partial charge in [0.15, 0.2) is 18.5 Å². The minimum absolute atomic E-state index is 0.149. The van der Waals surface area contributed by atoms with Crippen molar-refractivity contribution in [3.63, 3.8) is 0 Å². The largest absolute Gasteiger partial charge is 0.469 e. The molecule has 1 heterocycles. The van der Waals surface area contributed by atoms with E-state index in [0.717, 1.165) is 38.5 Å². The van der Waals surface area contributed by atoms with Crippen LogP contribution in [0.25, 0.3) is 0 Å². The van der Waals surface area contributed by atoms with Gasteiger partial charge in [0, 0.05) is 41.1 Å². The second kappa shape index (κ2) is 16.0. The van der Waals surface area contributed by atoms with E-state index < -0.39 is 42.6 Å². The van der Waals surface area contributed by atoms with E-state index in [-0.39, 0.29) is 12.6 Å². The molecule has 0 aromatic carbocycles. The number of rotatable bonds is 15. The van der Waals surface area contributed by atoms with Crippen molar-refractivity contribution in [2.45, 2.75) is 89.5 Å². The van der Waals surface area contributed by atoms with Crippen LogP contribution in [0, 0.1) is 0 Å². The van der Waals surface area contributed by atoms with E-state index in [1.165, 1.54) is 35.2 Å². The molecule has 0 unspecified atom stereocenters. The zero-order chi connectivity index (χ0) is 23.9. The van der Waals surface area contributed by atoms with Crippen molar-refractivity contribution < 1.29 is 47.5 Å². The summed E-state index contributed by atoms with van der Waals surface area (Å²) in [4.78, 5) is 34.3. The summed E-state index contributed by atoms with van der Waals surface area (Å²) in [6.07, 6.45) is 2.05. The number of ether oxygens (including phenoxy) is 7. The molecule has 10 heteroatoms. The lowest BCUT2D eigenvalue weighted by atomic mass is 9.98. The first kappa shape index (κ1) is 28.3. The van der Waals surface area contributed by atoms with Gasteiger partial charge in [-0.15, -0.1) is 0 Å². The van der Waals surface area contributed by atoms with Crippen LogP contribution in [0.1, 0.15) is 58.8 Å². The second-order valence-electron chi connectivity index (χ2n) is 7.66. The molecule has 5 atom stereocenters. The molecule has 32 heavy (non-hydrogen) atoms. The minimum Gasteiger partial charge on any atom is -0.469 e. The molecule has 0 saturated carbocycles. The highest BCUT2D eigenvalue weighted by Gasteiger charge is 2.50. The summed E-state index contributed by atoms with van der Waals surface area (Å²) >= 11 is 0. The van der Waals surface area contributed by atoms with Gasteiger partial charge >= 0.3 is 17.9 Å². The molecule has 1 aliphatic rings. The third kappa shape index (κ3) is 10.2. The predicted octanol–water partition coefficient (Wildman–Crippen LogP) is 2.16. The fourth-order valence-electron chi connectivity index (χ4n) is 3.61. The van der Waals surface area contributed by atoms with Gasteiger partial charge in [0.1, 0.15) is 12.2 Å². The Morgan fingerprint density at radius 3 is 1.94 bits per heavy atom. The number of carbonyl (C=O) groups is 3. The van der Waals surface area contributed by atoms with Crippen LogP contribution in [0.4, 0.5) is 0 Å². The molecule has 186 valence electrons. The number of unbranched alkanes of at least 4 members (excludes halogenated alkanes) is 5. The molecule has 0 bridgehead atoms. The van der Waals surface area contributed by atoms with Gasteiger partial charge in [0.25, 0.3) is 0 Å². The number of carbonyl (C=O) groups excluding carboxylic acids is 3. The predicted molar refractivity (Wildman–Crippen MR) is 113 cm³/mol. The standard InChI is InChI=1S/C22H38O10/c1-15(23)30-19-17(14-26-3)32-22(21(20(19)28-5)31-16(2)24)29-13-11-9-7-6-8-10-12-18(25)27-4/h17,19-22H,6-14H2,1-5H3/t17-,19-,20+,21-,22-/m1/s1. The molecule has 1 rings (SSSR count). The second-order valence-corrected chi connectivity index (χ2v) is 7.66. The van der Waals surface area contributed by atoms with Crippen molar-refractivity contribution in [2.75, 3.05) is 34.5 Å². The molecule has 0 aliphatic carbocycles. The summed E-state index contributed by atoms with van der Waals surface area (Å²) in [7, 11) is 4.35. The Morgan fingerprint density at radius 2 is 1.38 bits per heavy atom.